The van der Waals surface area contributed by atoms with Gasteiger partial charge in [0.1, 0.15) is 5.65 Å². The molecule has 2 aromatic carbocycles. The third kappa shape index (κ3) is 4.16. The molecule has 33 heavy (non-hydrogen) atoms. The van der Waals surface area contributed by atoms with E-state index in [1.54, 1.807) is 9.25 Å². The van der Waals surface area contributed by atoms with Crippen molar-refractivity contribution in [1.82, 2.24) is 14.3 Å². The molecule has 0 spiro atoms. The fourth-order valence-corrected chi connectivity index (χ4v) is 4.15. The number of amides is 1. The summed E-state index contributed by atoms with van der Waals surface area (Å²) < 4.78 is 30.0. The molecular formula is C25H24F2N4O2. The van der Waals surface area contributed by atoms with Crippen LogP contribution in [0.1, 0.15) is 30.2 Å². The van der Waals surface area contributed by atoms with Gasteiger partial charge in [0.05, 0.1) is 11.4 Å². The molecule has 2 heterocycles. The molecule has 0 aliphatic carbocycles. The Hall–Kier alpha value is -3.81. The number of carbonyl (C=O) groups is 1. The Kier molecular flexibility index (Phi) is 6.09. The second-order valence-electron chi connectivity index (χ2n) is 7.86. The Bertz CT molecular complexity index is 1410. The molecule has 4 aromatic rings. The topological polar surface area (TPSA) is 68.9 Å². The zero-order chi connectivity index (χ0) is 23.7. The van der Waals surface area contributed by atoms with Crippen LogP contribution in [-0.2, 0) is 17.8 Å². The van der Waals surface area contributed by atoms with Gasteiger partial charge in [0.15, 0.2) is 11.6 Å². The summed E-state index contributed by atoms with van der Waals surface area (Å²) in [4.78, 5) is 25.8. The SMILES string of the molecule is CCn1c(=O)c(CCC(=O)Nc2ccc(F)c(F)c2)c(C)c2c(C)nn(-c3ccccc3)c21. The smallest absolute Gasteiger partial charge is 0.255 e. The van der Waals surface area contributed by atoms with E-state index >= 15 is 0 Å². The van der Waals surface area contributed by atoms with Crippen molar-refractivity contribution in [2.24, 2.45) is 0 Å². The maximum absolute atomic E-state index is 13.4. The number of nitrogens with one attached hydrogen (secondary N) is 1. The van der Waals surface area contributed by atoms with Crippen molar-refractivity contribution in [2.45, 2.75) is 40.2 Å². The van der Waals surface area contributed by atoms with Gasteiger partial charge in [-0.25, -0.2) is 13.5 Å². The van der Waals surface area contributed by atoms with Gasteiger partial charge in [0.25, 0.3) is 5.56 Å². The van der Waals surface area contributed by atoms with E-state index in [2.05, 4.69) is 10.4 Å². The van der Waals surface area contributed by atoms with Gasteiger partial charge >= 0.3 is 0 Å². The summed E-state index contributed by atoms with van der Waals surface area (Å²) in [5.41, 5.74) is 3.70. The molecule has 0 atom stereocenters. The Morgan fingerprint density at radius 2 is 1.79 bits per heavy atom. The highest BCUT2D eigenvalue weighted by molar-refractivity contribution is 5.91. The maximum Gasteiger partial charge on any atom is 0.255 e. The van der Waals surface area contributed by atoms with E-state index in [1.165, 1.54) is 6.07 Å². The van der Waals surface area contributed by atoms with Gasteiger partial charge in [0.2, 0.25) is 5.91 Å². The second kappa shape index (κ2) is 8.97. The number of benzene rings is 2. The van der Waals surface area contributed by atoms with Crippen LogP contribution in [0.3, 0.4) is 0 Å². The number of para-hydroxylation sites is 1. The monoisotopic (exact) mass is 450 g/mol. The van der Waals surface area contributed by atoms with E-state index in [-0.39, 0.29) is 30.0 Å². The first-order chi connectivity index (χ1) is 15.8. The first-order valence-electron chi connectivity index (χ1n) is 10.7. The Morgan fingerprint density at radius 3 is 2.45 bits per heavy atom. The number of fused-ring (bicyclic) bond motifs is 1. The molecule has 4 rings (SSSR count). The van der Waals surface area contributed by atoms with Crippen molar-refractivity contribution in [2.75, 3.05) is 5.32 Å². The molecule has 0 aliphatic heterocycles. The summed E-state index contributed by atoms with van der Waals surface area (Å²) in [6.07, 6.45) is 0.238. The minimum absolute atomic E-state index is 0.0240. The minimum Gasteiger partial charge on any atom is -0.326 e. The molecule has 0 aliphatic rings. The normalized spacial score (nSPS) is 11.2. The van der Waals surface area contributed by atoms with Gasteiger partial charge in [0, 0.05) is 35.7 Å². The van der Waals surface area contributed by atoms with Crippen LogP contribution in [0.15, 0.2) is 53.3 Å². The lowest BCUT2D eigenvalue weighted by Gasteiger charge is -2.14. The number of aromatic nitrogens is 3. The third-order valence-corrected chi connectivity index (χ3v) is 5.75. The summed E-state index contributed by atoms with van der Waals surface area (Å²) in [5, 5.41) is 8.13. The van der Waals surface area contributed by atoms with Gasteiger partial charge in [-0.2, -0.15) is 5.10 Å². The molecule has 2 aromatic heterocycles. The predicted octanol–water partition coefficient (Wildman–Crippen LogP) is 4.67. The molecule has 0 fully saturated rings. The first kappa shape index (κ1) is 22.4. The van der Waals surface area contributed by atoms with E-state index in [0.29, 0.717) is 12.1 Å². The highest BCUT2D eigenvalue weighted by Crippen LogP contribution is 2.26. The molecule has 6 nitrogen and oxygen atoms in total. The number of nitrogens with zero attached hydrogens (tertiary/aromatic N) is 3. The van der Waals surface area contributed by atoms with Gasteiger partial charge in [-0.05, 0) is 57.0 Å². The van der Waals surface area contributed by atoms with Crippen molar-refractivity contribution < 1.29 is 13.6 Å². The lowest BCUT2D eigenvalue weighted by atomic mass is 10.0. The van der Waals surface area contributed by atoms with Crippen molar-refractivity contribution in [3.63, 3.8) is 0 Å². The highest BCUT2D eigenvalue weighted by atomic mass is 19.2. The van der Waals surface area contributed by atoms with Gasteiger partial charge in [-0.15, -0.1) is 0 Å². The summed E-state index contributed by atoms with van der Waals surface area (Å²) in [5.74, 6) is -2.41. The molecule has 0 radical (unpaired) electrons. The van der Waals surface area contributed by atoms with Crippen molar-refractivity contribution >= 4 is 22.6 Å². The van der Waals surface area contributed by atoms with E-state index in [0.717, 1.165) is 40.1 Å². The molecule has 1 amide bonds. The van der Waals surface area contributed by atoms with Crippen LogP contribution in [-0.4, -0.2) is 20.3 Å². The average molecular weight is 450 g/mol. The van der Waals surface area contributed by atoms with Crippen LogP contribution in [0.5, 0.6) is 0 Å². The number of pyridine rings is 1. The summed E-state index contributed by atoms with van der Waals surface area (Å²) in [6.45, 7) is 6.12. The number of carbonyl (C=O) groups excluding carboxylic acids is 1. The number of halogens is 2. The van der Waals surface area contributed by atoms with Crippen LogP contribution in [0.2, 0.25) is 0 Å². The molecule has 0 saturated carbocycles. The molecule has 1 N–H and O–H groups in total. The predicted molar refractivity (Wildman–Crippen MR) is 124 cm³/mol. The van der Waals surface area contributed by atoms with Crippen molar-refractivity contribution in [1.29, 1.82) is 0 Å². The zero-order valence-corrected chi connectivity index (χ0v) is 18.7. The zero-order valence-electron chi connectivity index (χ0n) is 18.7. The van der Waals surface area contributed by atoms with Gasteiger partial charge < -0.3 is 5.32 Å². The standard InChI is InChI=1S/C25H24F2N4O2/c1-4-30-24-23(16(3)29-31(24)18-8-6-5-7-9-18)15(2)19(25(30)33)11-13-22(32)28-17-10-12-20(26)21(27)14-17/h5-10,12,14H,4,11,13H2,1-3H3,(H,28,32). The fourth-order valence-electron chi connectivity index (χ4n) is 4.15. The number of anilines is 1. The molecule has 170 valence electrons. The second-order valence-corrected chi connectivity index (χ2v) is 7.86. The third-order valence-electron chi connectivity index (χ3n) is 5.75. The summed E-state index contributed by atoms with van der Waals surface area (Å²) >= 11 is 0. The van der Waals surface area contributed by atoms with Crippen LogP contribution in [0.4, 0.5) is 14.5 Å². The highest BCUT2D eigenvalue weighted by Gasteiger charge is 2.21. The van der Waals surface area contributed by atoms with Crippen LogP contribution in [0.25, 0.3) is 16.7 Å². The first-order valence-corrected chi connectivity index (χ1v) is 10.7. The van der Waals surface area contributed by atoms with Gasteiger partial charge in [-0.1, -0.05) is 18.2 Å². The summed E-state index contributed by atoms with van der Waals surface area (Å²) in [7, 11) is 0. The molecule has 0 bridgehead atoms. The quantitative estimate of drug-likeness (QED) is 0.464. The van der Waals surface area contributed by atoms with Crippen molar-refractivity contribution in [3.8, 4) is 5.69 Å². The van der Waals surface area contributed by atoms with Crippen LogP contribution in [0, 0.1) is 25.5 Å². The maximum atomic E-state index is 13.4. The number of hydrogen-bond donors (Lipinski definition) is 1. The van der Waals surface area contributed by atoms with E-state index in [9.17, 15) is 18.4 Å². The Balaban J connectivity index is 1.69. The van der Waals surface area contributed by atoms with E-state index in [1.807, 2.05) is 51.1 Å². The largest absolute Gasteiger partial charge is 0.326 e. The lowest BCUT2D eigenvalue weighted by molar-refractivity contribution is -0.116. The molecule has 0 unspecified atom stereocenters. The van der Waals surface area contributed by atoms with Crippen LogP contribution < -0.4 is 10.9 Å². The average Bonchev–Trinajstić information content (AvgIpc) is 3.14. The van der Waals surface area contributed by atoms with E-state index in [4.69, 9.17) is 0 Å². The number of rotatable bonds is 6. The van der Waals surface area contributed by atoms with Crippen LogP contribution >= 0.6 is 0 Å². The number of aryl methyl sites for hydroxylation is 3. The summed E-state index contributed by atoms with van der Waals surface area (Å²) in [6, 6.07) is 12.8. The Morgan fingerprint density at radius 1 is 1.06 bits per heavy atom. The van der Waals surface area contributed by atoms with E-state index < -0.39 is 11.6 Å². The van der Waals surface area contributed by atoms with Crippen molar-refractivity contribution in [3.05, 3.63) is 87.3 Å². The molecule has 8 heteroatoms. The fraction of sp³-hybridized carbons (Fsp3) is 0.240. The Labute approximate surface area is 189 Å². The molecular weight excluding hydrogens is 426 g/mol. The minimum atomic E-state index is -1.04. The number of hydrogen-bond acceptors (Lipinski definition) is 3. The lowest BCUT2D eigenvalue weighted by Crippen LogP contribution is -2.27. The molecule has 0 saturated heterocycles. The van der Waals surface area contributed by atoms with Gasteiger partial charge in [-0.3, -0.25) is 14.2 Å².